The van der Waals surface area contributed by atoms with Gasteiger partial charge in [0.05, 0.1) is 5.54 Å². The van der Waals surface area contributed by atoms with Crippen molar-refractivity contribution in [2.45, 2.75) is 45.2 Å². The van der Waals surface area contributed by atoms with Crippen LogP contribution in [0.25, 0.3) is 0 Å². The quantitative estimate of drug-likeness (QED) is 0.351. The van der Waals surface area contributed by atoms with Gasteiger partial charge in [0.15, 0.2) is 0 Å². The maximum atomic E-state index is 5.68. The first-order valence-corrected chi connectivity index (χ1v) is 14.7. The fourth-order valence-electron chi connectivity index (χ4n) is 3.40. The molecule has 4 N–H and O–H groups in total. The second-order valence-electron chi connectivity index (χ2n) is 6.63. The normalized spacial score (nSPS) is 12.9. The molecule has 31 heavy (non-hydrogen) atoms. The van der Waals surface area contributed by atoms with Crippen LogP contribution < -0.4 is 11.5 Å². The Morgan fingerprint density at radius 1 is 0.774 bits per heavy atom. The van der Waals surface area contributed by atoms with Crippen LogP contribution in [-0.4, -0.2) is 71.8 Å². The molecule has 0 aliphatic heterocycles. The summed E-state index contributed by atoms with van der Waals surface area (Å²) in [7, 11) is -0.193. The first-order valence-electron chi connectivity index (χ1n) is 11.0. The topological polar surface area (TPSA) is 107 Å². The van der Waals surface area contributed by atoms with Crippen LogP contribution in [0.4, 0.5) is 0 Å². The lowest BCUT2D eigenvalue weighted by Gasteiger charge is -2.32. The maximum Gasteiger partial charge on any atom is 0.508 e. The van der Waals surface area contributed by atoms with Gasteiger partial charge in [-0.05, 0) is 52.3 Å². The van der Waals surface area contributed by atoms with Gasteiger partial charge in [-0.25, -0.2) is 0 Å². The third kappa shape index (κ3) is 10.2. The maximum absolute atomic E-state index is 5.68. The molecule has 1 aromatic rings. The van der Waals surface area contributed by atoms with Crippen LogP contribution in [0, 0.1) is 0 Å². The van der Waals surface area contributed by atoms with Crippen LogP contribution in [0.3, 0.4) is 0 Å². The second kappa shape index (κ2) is 17.8. The molecule has 10 heteroatoms. The minimum absolute atomic E-state index is 0.0775. The molecule has 0 bridgehead atoms. The number of benzene rings is 1. The van der Waals surface area contributed by atoms with E-state index in [0.29, 0.717) is 32.9 Å². The Hall–Kier alpha value is -0.666. The van der Waals surface area contributed by atoms with Crippen molar-refractivity contribution in [3.05, 3.63) is 35.9 Å². The highest BCUT2D eigenvalue weighted by Gasteiger charge is 2.47. The molecular weight excluding hydrogens is 432 g/mol. The van der Waals surface area contributed by atoms with Gasteiger partial charge in [-0.1, -0.05) is 30.3 Å². The molecule has 0 aromatic heterocycles. The van der Waals surface area contributed by atoms with Crippen LogP contribution in [0.5, 0.6) is 0 Å². The van der Waals surface area contributed by atoms with Gasteiger partial charge < -0.3 is 38.0 Å². The van der Waals surface area contributed by atoms with Crippen molar-refractivity contribution < 1.29 is 26.6 Å². The fraction of sp³-hybridized carbons (Fsp3) is 0.714. The summed E-state index contributed by atoms with van der Waals surface area (Å²) in [6.45, 7) is 9.02. The van der Waals surface area contributed by atoms with Crippen molar-refractivity contribution in [1.29, 1.82) is 0 Å². The summed E-state index contributed by atoms with van der Waals surface area (Å²) in [5, 5.41) is 0. The first-order chi connectivity index (χ1) is 15.0. The van der Waals surface area contributed by atoms with E-state index >= 15 is 0 Å². The van der Waals surface area contributed by atoms with E-state index in [-0.39, 0.29) is 5.54 Å². The van der Waals surface area contributed by atoms with Gasteiger partial charge in [0, 0.05) is 47.2 Å². The van der Waals surface area contributed by atoms with Crippen LogP contribution in [0.2, 0.25) is 6.04 Å². The second-order valence-corrected chi connectivity index (χ2v) is 12.5. The van der Waals surface area contributed by atoms with Gasteiger partial charge in [0.1, 0.15) is 0 Å². The summed E-state index contributed by atoms with van der Waals surface area (Å²) in [6.07, 6.45) is 1.68. The van der Waals surface area contributed by atoms with Crippen molar-refractivity contribution in [3.63, 3.8) is 0 Å². The molecule has 0 amide bonds. The molecule has 0 radical (unpaired) electrons. The van der Waals surface area contributed by atoms with E-state index in [2.05, 4.69) is 12.1 Å². The summed E-state index contributed by atoms with van der Waals surface area (Å²) in [5.41, 5.74) is 12.4. The molecule has 0 fully saturated rings. The molecule has 0 saturated carbocycles. The molecule has 0 saturated heterocycles. The largest absolute Gasteiger partial charge is 0.508 e. The third-order valence-corrected chi connectivity index (χ3v) is 11.1. The molecule has 8 nitrogen and oxygen atoms in total. The first kappa shape index (κ1) is 30.3. The Morgan fingerprint density at radius 2 is 1.26 bits per heavy atom. The van der Waals surface area contributed by atoms with E-state index in [1.54, 1.807) is 21.3 Å². The van der Waals surface area contributed by atoms with Crippen LogP contribution in [0.1, 0.15) is 44.7 Å². The lowest BCUT2D eigenvalue weighted by molar-refractivity contribution is 0.0710. The fourth-order valence-corrected chi connectivity index (χ4v) is 8.51. The Morgan fingerprint density at radius 3 is 1.61 bits per heavy atom. The lowest BCUT2D eigenvalue weighted by Crippen LogP contribution is -2.50. The highest BCUT2D eigenvalue weighted by Crippen LogP contribution is 2.31. The van der Waals surface area contributed by atoms with Crippen molar-refractivity contribution in [2.24, 2.45) is 11.5 Å². The molecule has 0 heterocycles. The van der Waals surface area contributed by atoms with Gasteiger partial charge in [-0.3, -0.25) is 0 Å². The predicted molar refractivity (Wildman–Crippen MR) is 129 cm³/mol. The van der Waals surface area contributed by atoms with Gasteiger partial charge in [0.25, 0.3) is 0 Å². The van der Waals surface area contributed by atoms with E-state index < -0.39 is 17.6 Å². The number of rotatable bonds is 16. The molecule has 182 valence electrons. The van der Waals surface area contributed by atoms with Gasteiger partial charge in [-0.2, -0.15) is 0 Å². The zero-order valence-electron chi connectivity index (χ0n) is 20.2. The smallest absolute Gasteiger partial charge is 0.376 e. The average Bonchev–Trinajstić information content (AvgIpc) is 2.80. The Labute approximate surface area is 191 Å². The van der Waals surface area contributed by atoms with Crippen molar-refractivity contribution in [2.75, 3.05) is 54.2 Å². The van der Waals surface area contributed by atoms with E-state index in [1.165, 1.54) is 0 Å². The minimum Gasteiger partial charge on any atom is -0.376 e. The Kier molecular flexibility index (Phi) is 17.5. The molecular formula is C21H44N2O6Si2. The summed E-state index contributed by atoms with van der Waals surface area (Å²) >= 11 is 0. The van der Waals surface area contributed by atoms with E-state index in [1.807, 2.05) is 39.0 Å². The van der Waals surface area contributed by atoms with Crippen LogP contribution in [0.15, 0.2) is 30.3 Å². The van der Waals surface area contributed by atoms with Crippen molar-refractivity contribution >= 4 is 17.6 Å². The van der Waals surface area contributed by atoms with Crippen LogP contribution >= 0.6 is 0 Å². The summed E-state index contributed by atoms with van der Waals surface area (Å²) < 4.78 is 33.6. The predicted octanol–water partition coefficient (Wildman–Crippen LogP) is 2.92. The number of nitrogens with two attached hydrogens (primary N) is 2. The van der Waals surface area contributed by atoms with Gasteiger partial charge >= 0.3 is 17.6 Å². The monoisotopic (exact) mass is 476 g/mol. The third-order valence-electron chi connectivity index (χ3n) is 4.72. The van der Waals surface area contributed by atoms with Crippen molar-refractivity contribution in [3.8, 4) is 0 Å². The zero-order valence-corrected chi connectivity index (χ0v) is 22.2. The molecule has 0 aliphatic rings. The summed E-state index contributed by atoms with van der Waals surface area (Å²) in [6, 6.07) is 10.9. The van der Waals surface area contributed by atoms with Gasteiger partial charge in [-0.15, -0.1) is 0 Å². The molecule has 1 aromatic carbocycles. The van der Waals surface area contributed by atoms with Crippen molar-refractivity contribution in [1.82, 2.24) is 0 Å². The summed E-state index contributed by atoms with van der Waals surface area (Å²) in [5.74, 6) is 0. The molecule has 0 aliphatic carbocycles. The standard InChI is InChI=1S/C12H21NO3Si.C9H23NO3Si/c1-14-17(15-2,16-3)12(9-10-13)11-7-5-4-6-8-11;1-4-11-14(12-5-2,13-6-3)9-7-8-10/h4-8,12H,9-10,13H2,1-3H3;4-10H2,1-3H3. The Balaban J connectivity index is 0.000000594. The lowest BCUT2D eigenvalue weighted by atomic mass is 10.1. The zero-order chi connectivity index (χ0) is 23.6. The minimum atomic E-state index is -2.69. The molecule has 1 unspecified atom stereocenters. The average molecular weight is 477 g/mol. The highest BCUT2D eigenvalue weighted by molar-refractivity contribution is 6.62. The molecule has 1 rings (SSSR count). The van der Waals surface area contributed by atoms with Gasteiger partial charge in [0.2, 0.25) is 0 Å². The van der Waals surface area contributed by atoms with Crippen LogP contribution in [-0.2, 0) is 26.6 Å². The van der Waals surface area contributed by atoms with E-state index in [9.17, 15) is 0 Å². The number of hydrogen-bond donors (Lipinski definition) is 2. The van der Waals surface area contributed by atoms with E-state index in [4.69, 9.17) is 38.0 Å². The highest BCUT2D eigenvalue weighted by atomic mass is 28.4. The summed E-state index contributed by atoms with van der Waals surface area (Å²) in [4.78, 5) is 0. The SMILES string of the molecule is CCO[Si](CCCN)(OCC)OCC.CO[Si](OC)(OC)C(CCN)c1ccccc1. The Bertz CT molecular complexity index is 513. The molecule has 0 spiro atoms. The number of hydrogen-bond acceptors (Lipinski definition) is 8. The molecule has 1 atom stereocenters. The van der Waals surface area contributed by atoms with E-state index in [0.717, 1.165) is 24.4 Å².